The Morgan fingerprint density at radius 1 is 1.12 bits per heavy atom. The fraction of sp³-hybridized carbons (Fsp3) is 0.136. The van der Waals surface area contributed by atoms with Crippen LogP contribution in [0.4, 0.5) is 25.1 Å². The van der Waals surface area contributed by atoms with E-state index in [1.54, 1.807) is 18.2 Å². The average molecular weight is 455 g/mol. The SMILES string of the molecule is Cn1cc(-c2ccc(N3CC(c4cc(F)cc(F)c4)NC3=O)cc2Cl)c2c(N)ncnc21. The quantitative estimate of drug-likeness (QED) is 0.479. The molecule has 7 nitrogen and oxygen atoms in total. The smallest absolute Gasteiger partial charge is 0.322 e. The predicted molar refractivity (Wildman–Crippen MR) is 118 cm³/mol. The molecule has 2 aromatic heterocycles. The molecular weight excluding hydrogens is 438 g/mol. The minimum absolute atomic E-state index is 0.201. The molecule has 0 radical (unpaired) electrons. The van der Waals surface area contributed by atoms with E-state index in [-0.39, 0.29) is 12.6 Å². The number of nitrogens with one attached hydrogen (secondary N) is 1. The molecule has 0 bridgehead atoms. The third-order valence-corrected chi connectivity index (χ3v) is 5.85. The van der Waals surface area contributed by atoms with Crippen LogP contribution >= 0.6 is 11.6 Å². The Morgan fingerprint density at radius 3 is 2.59 bits per heavy atom. The van der Waals surface area contributed by atoms with Gasteiger partial charge in [-0.2, -0.15) is 0 Å². The topological polar surface area (TPSA) is 89.1 Å². The number of urea groups is 1. The molecule has 1 fully saturated rings. The molecule has 0 saturated carbocycles. The van der Waals surface area contributed by atoms with E-state index in [1.165, 1.54) is 23.4 Å². The van der Waals surface area contributed by atoms with E-state index < -0.39 is 17.7 Å². The first-order valence-corrected chi connectivity index (χ1v) is 10.1. The molecule has 0 spiro atoms. The van der Waals surface area contributed by atoms with Crippen molar-refractivity contribution >= 4 is 40.2 Å². The first-order valence-electron chi connectivity index (χ1n) is 9.71. The van der Waals surface area contributed by atoms with Crippen LogP contribution in [-0.4, -0.2) is 27.1 Å². The summed E-state index contributed by atoms with van der Waals surface area (Å²) in [6.07, 6.45) is 3.27. The third kappa shape index (κ3) is 3.31. The van der Waals surface area contributed by atoms with Gasteiger partial charge in [0, 0.05) is 36.1 Å². The number of carbonyl (C=O) groups is 1. The maximum Gasteiger partial charge on any atom is 0.322 e. The Morgan fingerprint density at radius 2 is 1.88 bits per heavy atom. The largest absolute Gasteiger partial charge is 0.383 e. The van der Waals surface area contributed by atoms with E-state index in [1.807, 2.05) is 17.8 Å². The Bertz CT molecular complexity index is 1370. The molecule has 0 aliphatic carbocycles. The highest BCUT2D eigenvalue weighted by Gasteiger charge is 2.31. The number of hydrogen-bond acceptors (Lipinski definition) is 4. The Kier molecular flexibility index (Phi) is 4.70. The molecule has 1 atom stereocenters. The summed E-state index contributed by atoms with van der Waals surface area (Å²) in [6.45, 7) is 0.201. The highest BCUT2D eigenvalue weighted by Crippen LogP contribution is 2.38. The number of anilines is 2. The Labute approximate surface area is 186 Å². The van der Waals surface area contributed by atoms with Crippen molar-refractivity contribution in [2.75, 3.05) is 17.2 Å². The zero-order valence-electron chi connectivity index (χ0n) is 16.8. The molecule has 162 valence electrons. The van der Waals surface area contributed by atoms with Crippen LogP contribution in [0.2, 0.25) is 5.02 Å². The summed E-state index contributed by atoms with van der Waals surface area (Å²) in [4.78, 5) is 22.4. The van der Waals surface area contributed by atoms with E-state index >= 15 is 0 Å². The van der Waals surface area contributed by atoms with Crippen molar-refractivity contribution in [2.24, 2.45) is 7.05 Å². The minimum Gasteiger partial charge on any atom is -0.383 e. The molecule has 1 unspecified atom stereocenters. The summed E-state index contributed by atoms with van der Waals surface area (Å²) in [6, 6.07) is 7.50. The molecule has 3 N–H and O–H groups in total. The maximum absolute atomic E-state index is 13.6. The number of fused-ring (bicyclic) bond motifs is 1. The van der Waals surface area contributed by atoms with Crippen molar-refractivity contribution in [2.45, 2.75) is 6.04 Å². The number of nitrogens with zero attached hydrogens (tertiary/aromatic N) is 4. The zero-order chi connectivity index (χ0) is 22.6. The average Bonchev–Trinajstić information content (AvgIpc) is 3.28. The van der Waals surface area contributed by atoms with Crippen LogP contribution in [0.15, 0.2) is 48.9 Å². The zero-order valence-corrected chi connectivity index (χ0v) is 17.6. The van der Waals surface area contributed by atoms with Crippen molar-refractivity contribution in [3.63, 3.8) is 0 Å². The van der Waals surface area contributed by atoms with Gasteiger partial charge in [0.05, 0.1) is 23.0 Å². The highest BCUT2D eigenvalue weighted by molar-refractivity contribution is 6.34. The van der Waals surface area contributed by atoms with Crippen molar-refractivity contribution in [1.82, 2.24) is 19.9 Å². The normalized spacial score (nSPS) is 16.1. The predicted octanol–water partition coefficient (Wildman–Crippen LogP) is 4.42. The van der Waals surface area contributed by atoms with E-state index in [2.05, 4.69) is 15.3 Å². The summed E-state index contributed by atoms with van der Waals surface area (Å²) in [7, 11) is 1.85. The first-order chi connectivity index (χ1) is 15.3. The number of rotatable bonds is 3. The van der Waals surface area contributed by atoms with E-state index in [9.17, 15) is 13.6 Å². The minimum atomic E-state index is -0.696. The van der Waals surface area contributed by atoms with Crippen LogP contribution in [0, 0.1) is 11.6 Å². The maximum atomic E-state index is 13.6. The lowest BCUT2D eigenvalue weighted by Gasteiger charge is -2.16. The van der Waals surface area contributed by atoms with E-state index in [0.717, 1.165) is 11.6 Å². The Hall–Kier alpha value is -3.72. The van der Waals surface area contributed by atoms with Crippen LogP contribution in [0.1, 0.15) is 11.6 Å². The van der Waals surface area contributed by atoms with Crippen molar-refractivity contribution in [1.29, 1.82) is 0 Å². The lowest BCUT2D eigenvalue weighted by molar-refractivity contribution is 0.251. The first kappa shape index (κ1) is 20.2. The summed E-state index contributed by atoms with van der Waals surface area (Å²) < 4.78 is 29.0. The van der Waals surface area contributed by atoms with Gasteiger partial charge in [-0.1, -0.05) is 17.7 Å². The van der Waals surface area contributed by atoms with Gasteiger partial charge in [-0.15, -0.1) is 0 Å². The number of nitrogens with two attached hydrogens (primary N) is 1. The number of nitrogen functional groups attached to an aromatic ring is 1. The molecule has 2 aromatic carbocycles. The van der Waals surface area contributed by atoms with Gasteiger partial charge in [0.15, 0.2) is 0 Å². The fourth-order valence-corrected chi connectivity index (χ4v) is 4.33. The van der Waals surface area contributed by atoms with Gasteiger partial charge in [0.1, 0.15) is 29.4 Å². The molecule has 2 amide bonds. The third-order valence-electron chi connectivity index (χ3n) is 5.53. The number of aryl methyl sites for hydroxylation is 1. The second kappa shape index (κ2) is 7.45. The van der Waals surface area contributed by atoms with Gasteiger partial charge in [-0.05, 0) is 29.8 Å². The molecule has 3 heterocycles. The number of hydrogen-bond donors (Lipinski definition) is 2. The Balaban J connectivity index is 1.48. The molecule has 1 saturated heterocycles. The molecule has 1 aliphatic heterocycles. The van der Waals surface area contributed by atoms with Crippen LogP contribution in [0.5, 0.6) is 0 Å². The second-order valence-corrected chi connectivity index (χ2v) is 8.00. The van der Waals surface area contributed by atoms with Gasteiger partial charge in [0.25, 0.3) is 0 Å². The number of carbonyl (C=O) groups excluding carboxylic acids is 1. The van der Waals surface area contributed by atoms with Gasteiger partial charge in [-0.25, -0.2) is 23.5 Å². The van der Waals surface area contributed by atoms with E-state index in [0.29, 0.717) is 38.7 Å². The highest BCUT2D eigenvalue weighted by atomic mass is 35.5. The van der Waals surface area contributed by atoms with Crippen molar-refractivity contribution in [3.8, 4) is 11.1 Å². The summed E-state index contributed by atoms with van der Waals surface area (Å²) in [5.74, 6) is -1.05. The standard InChI is InChI=1S/C22H17ClF2N6O/c1-30-8-16(19-20(26)27-10-28-21(19)30)15-3-2-14(7-17(15)23)31-9-18(29-22(31)32)11-4-12(24)6-13(25)5-11/h2-8,10,18H,9H2,1H3,(H,29,32)(H2,26,27,28). The number of halogens is 3. The number of aromatic nitrogens is 3. The molecule has 32 heavy (non-hydrogen) atoms. The molecule has 1 aliphatic rings. The second-order valence-electron chi connectivity index (χ2n) is 7.59. The molecule has 5 rings (SSSR count). The molecule has 4 aromatic rings. The van der Waals surface area contributed by atoms with Crippen molar-refractivity contribution in [3.05, 3.63) is 71.1 Å². The lowest BCUT2D eigenvalue weighted by atomic mass is 10.0. The van der Waals surface area contributed by atoms with Gasteiger partial charge < -0.3 is 15.6 Å². The van der Waals surface area contributed by atoms with Crippen molar-refractivity contribution < 1.29 is 13.6 Å². The summed E-state index contributed by atoms with van der Waals surface area (Å²) in [5, 5.41) is 3.85. The van der Waals surface area contributed by atoms with E-state index in [4.69, 9.17) is 17.3 Å². The van der Waals surface area contributed by atoms with Crippen LogP contribution in [0.25, 0.3) is 22.2 Å². The lowest BCUT2D eigenvalue weighted by Crippen LogP contribution is -2.27. The molecule has 10 heteroatoms. The van der Waals surface area contributed by atoms with Crippen LogP contribution in [0.3, 0.4) is 0 Å². The van der Waals surface area contributed by atoms with Crippen LogP contribution < -0.4 is 16.0 Å². The molecular formula is C22H17ClF2N6O. The summed E-state index contributed by atoms with van der Waals surface area (Å²) >= 11 is 6.60. The summed E-state index contributed by atoms with van der Waals surface area (Å²) in [5.41, 5.74) is 9.15. The van der Waals surface area contributed by atoms with Crippen LogP contribution in [-0.2, 0) is 7.05 Å². The fourth-order valence-electron chi connectivity index (χ4n) is 4.06. The van der Waals surface area contributed by atoms with Gasteiger partial charge >= 0.3 is 6.03 Å². The van der Waals surface area contributed by atoms with Gasteiger partial charge in [-0.3, -0.25) is 4.90 Å². The number of amides is 2. The van der Waals surface area contributed by atoms with Gasteiger partial charge in [0.2, 0.25) is 0 Å². The number of benzene rings is 2. The monoisotopic (exact) mass is 454 g/mol.